The summed E-state index contributed by atoms with van der Waals surface area (Å²) >= 11 is 6.27. The van der Waals surface area contributed by atoms with Crippen LogP contribution < -0.4 is 0 Å². The van der Waals surface area contributed by atoms with E-state index in [-0.39, 0.29) is 0 Å². The Kier molecular flexibility index (Phi) is 4.14. The first-order valence-corrected chi connectivity index (χ1v) is 7.30. The lowest BCUT2D eigenvalue weighted by Crippen LogP contribution is -2.28. The van der Waals surface area contributed by atoms with Gasteiger partial charge in [-0.05, 0) is 44.1 Å². The number of alkyl halides is 1. The van der Waals surface area contributed by atoms with Crippen LogP contribution in [0.2, 0.25) is 0 Å². The molecule has 0 N–H and O–H groups in total. The molecule has 1 saturated carbocycles. The average molecular weight is 251 g/mol. The molecule has 1 fully saturated rings. The van der Waals surface area contributed by atoms with Gasteiger partial charge < -0.3 is 0 Å². The lowest BCUT2D eigenvalue weighted by atomic mass is 9.71. The molecule has 1 heteroatoms. The van der Waals surface area contributed by atoms with Crippen molar-refractivity contribution in [2.75, 3.05) is 5.88 Å². The maximum absolute atomic E-state index is 6.27. The third-order valence-corrected chi connectivity index (χ3v) is 4.63. The molecule has 0 spiro atoms. The Bertz CT molecular complexity index is 355. The molecule has 0 aliphatic heterocycles. The van der Waals surface area contributed by atoms with Crippen LogP contribution in [0.15, 0.2) is 18.2 Å². The van der Waals surface area contributed by atoms with Crippen molar-refractivity contribution in [2.45, 2.75) is 52.4 Å². The van der Waals surface area contributed by atoms with Gasteiger partial charge in [-0.2, -0.15) is 0 Å². The maximum atomic E-state index is 6.27. The van der Waals surface area contributed by atoms with Gasteiger partial charge in [-0.25, -0.2) is 0 Å². The molecule has 2 rings (SSSR count). The third kappa shape index (κ3) is 3.25. The van der Waals surface area contributed by atoms with E-state index in [0.717, 1.165) is 5.88 Å². The number of halogens is 1. The maximum Gasteiger partial charge on any atom is 0.0283 e. The molecule has 1 aliphatic rings. The normalized spacial score (nSPS) is 19.2. The molecule has 0 bridgehead atoms. The Morgan fingerprint density at radius 3 is 2.12 bits per heavy atom. The van der Waals surface area contributed by atoms with Gasteiger partial charge in [0.25, 0.3) is 0 Å². The summed E-state index contributed by atoms with van der Waals surface area (Å²) in [6, 6.07) is 6.91. The van der Waals surface area contributed by atoms with Gasteiger partial charge in [-0.3, -0.25) is 0 Å². The SMILES string of the molecule is Cc1cc(C)cc(CC2(CCl)CCCCC2)c1. The molecule has 0 heterocycles. The number of hydrogen-bond donors (Lipinski definition) is 0. The van der Waals surface area contributed by atoms with E-state index >= 15 is 0 Å². The zero-order valence-electron chi connectivity index (χ0n) is 11.1. The average Bonchev–Trinajstić information content (AvgIpc) is 2.29. The van der Waals surface area contributed by atoms with E-state index < -0.39 is 0 Å². The molecule has 1 aromatic carbocycles. The highest BCUT2D eigenvalue weighted by Gasteiger charge is 2.31. The Labute approximate surface area is 110 Å². The van der Waals surface area contributed by atoms with E-state index in [1.165, 1.54) is 55.2 Å². The summed E-state index contributed by atoms with van der Waals surface area (Å²) < 4.78 is 0. The fourth-order valence-electron chi connectivity index (χ4n) is 3.26. The molecule has 0 saturated heterocycles. The van der Waals surface area contributed by atoms with Gasteiger partial charge >= 0.3 is 0 Å². The minimum Gasteiger partial charge on any atom is -0.126 e. The van der Waals surface area contributed by atoms with Gasteiger partial charge in [0.2, 0.25) is 0 Å². The van der Waals surface area contributed by atoms with Crippen LogP contribution in [0.4, 0.5) is 0 Å². The van der Waals surface area contributed by atoms with Crippen molar-refractivity contribution in [3.05, 3.63) is 34.9 Å². The number of benzene rings is 1. The Balaban J connectivity index is 2.17. The van der Waals surface area contributed by atoms with Crippen LogP contribution in [0, 0.1) is 19.3 Å². The first-order valence-electron chi connectivity index (χ1n) is 6.77. The number of aryl methyl sites for hydroxylation is 2. The van der Waals surface area contributed by atoms with Crippen LogP contribution in [0.5, 0.6) is 0 Å². The quantitative estimate of drug-likeness (QED) is 0.660. The summed E-state index contributed by atoms with van der Waals surface area (Å²) in [4.78, 5) is 0. The second kappa shape index (κ2) is 5.44. The van der Waals surface area contributed by atoms with Crippen LogP contribution >= 0.6 is 11.6 Å². The van der Waals surface area contributed by atoms with E-state index in [4.69, 9.17) is 11.6 Å². The predicted molar refractivity (Wildman–Crippen MR) is 75.9 cm³/mol. The Morgan fingerprint density at radius 2 is 1.59 bits per heavy atom. The van der Waals surface area contributed by atoms with E-state index in [2.05, 4.69) is 32.0 Å². The summed E-state index contributed by atoms with van der Waals surface area (Å²) in [7, 11) is 0. The van der Waals surface area contributed by atoms with Gasteiger partial charge in [0.05, 0.1) is 0 Å². The Hall–Kier alpha value is -0.490. The van der Waals surface area contributed by atoms with E-state index in [1.54, 1.807) is 0 Å². The summed E-state index contributed by atoms with van der Waals surface area (Å²) in [5, 5.41) is 0. The van der Waals surface area contributed by atoms with Crippen molar-refractivity contribution in [3.8, 4) is 0 Å². The highest BCUT2D eigenvalue weighted by molar-refractivity contribution is 6.18. The summed E-state index contributed by atoms with van der Waals surface area (Å²) in [6.07, 6.45) is 7.90. The van der Waals surface area contributed by atoms with Crippen LogP contribution in [-0.4, -0.2) is 5.88 Å². The molecule has 0 nitrogen and oxygen atoms in total. The fraction of sp³-hybridized carbons (Fsp3) is 0.625. The highest BCUT2D eigenvalue weighted by Crippen LogP contribution is 2.40. The summed E-state index contributed by atoms with van der Waals surface area (Å²) in [6.45, 7) is 4.37. The van der Waals surface area contributed by atoms with Crippen molar-refractivity contribution in [3.63, 3.8) is 0 Å². The van der Waals surface area contributed by atoms with E-state index in [9.17, 15) is 0 Å². The van der Waals surface area contributed by atoms with Gasteiger partial charge in [0.15, 0.2) is 0 Å². The predicted octanol–water partition coefficient (Wildman–Crippen LogP) is 5.04. The molecule has 1 aliphatic carbocycles. The van der Waals surface area contributed by atoms with Gasteiger partial charge in [0.1, 0.15) is 0 Å². The summed E-state index contributed by atoms with van der Waals surface area (Å²) in [5.74, 6) is 0.819. The molecule has 0 aromatic heterocycles. The molecule has 0 radical (unpaired) electrons. The van der Waals surface area contributed by atoms with Gasteiger partial charge in [-0.1, -0.05) is 48.6 Å². The van der Waals surface area contributed by atoms with E-state index in [1.807, 2.05) is 0 Å². The molecule has 0 atom stereocenters. The molecule has 1 aromatic rings. The van der Waals surface area contributed by atoms with Crippen molar-refractivity contribution < 1.29 is 0 Å². The zero-order valence-corrected chi connectivity index (χ0v) is 11.8. The van der Waals surface area contributed by atoms with Crippen molar-refractivity contribution in [1.82, 2.24) is 0 Å². The van der Waals surface area contributed by atoms with E-state index in [0.29, 0.717) is 5.41 Å². The third-order valence-electron chi connectivity index (χ3n) is 4.06. The first kappa shape index (κ1) is 13.0. The molecule has 94 valence electrons. The molecule has 0 unspecified atom stereocenters. The first-order chi connectivity index (χ1) is 8.13. The van der Waals surface area contributed by atoms with Crippen molar-refractivity contribution >= 4 is 11.6 Å². The lowest BCUT2D eigenvalue weighted by molar-refractivity contribution is 0.219. The molecule has 0 amide bonds. The van der Waals surface area contributed by atoms with Crippen molar-refractivity contribution in [1.29, 1.82) is 0 Å². The highest BCUT2D eigenvalue weighted by atomic mass is 35.5. The molecular formula is C16H23Cl. The van der Waals surface area contributed by atoms with Gasteiger partial charge in [-0.15, -0.1) is 11.6 Å². The lowest BCUT2D eigenvalue weighted by Gasteiger charge is -2.36. The van der Waals surface area contributed by atoms with Gasteiger partial charge in [0, 0.05) is 5.88 Å². The number of rotatable bonds is 3. The summed E-state index contributed by atoms with van der Waals surface area (Å²) in [5.41, 5.74) is 4.60. The second-order valence-corrected chi connectivity index (χ2v) is 6.13. The Morgan fingerprint density at radius 1 is 1.00 bits per heavy atom. The molecular weight excluding hydrogens is 228 g/mol. The standard InChI is InChI=1S/C16H23Cl/c1-13-8-14(2)10-15(9-13)11-16(12-17)6-4-3-5-7-16/h8-10H,3-7,11-12H2,1-2H3. The van der Waals surface area contributed by atoms with Crippen molar-refractivity contribution in [2.24, 2.45) is 5.41 Å². The molecule has 17 heavy (non-hydrogen) atoms. The minimum absolute atomic E-state index is 0.375. The minimum atomic E-state index is 0.375. The smallest absolute Gasteiger partial charge is 0.0283 e. The topological polar surface area (TPSA) is 0 Å². The van der Waals surface area contributed by atoms with Crippen LogP contribution in [0.3, 0.4) is 0 Å². The van der Waals surface area contributed by atoms with Crippen LogP contribution in [-0.2, 0) is 6.42 Å². The van der Waals surface area contributed by atoms with Crippen LogP contribution in [0.25, 0.3) is 0 Å². The largest absolute Gasteiger partial charge is 0.126 e. The zero-order chi connectivity index (χ0) is 12.3. The number of hydrogen-bond acceptors (Lipinski definition) is 0. The second-order valence-electron chi connectivity index (χ2n) is 5.87. The fourth-order valence-corrected chi connectivity index (χ4v) is 3.63. The monoisotopic (exact) mass is 250 g/mol. The van der Waals surface area contributed by atoms with Crippen LogP contribution in [0.1, 0.15) is 48.8 Å².